The lowest BCUT2D eigenvalue weighted by Gasteiger charge is -2.19. The molecule has 0 heterocycles. The summed E-state index contributed by atoms with van der Waals surface area (Å²) in [6.45, 7) is 1.12. The second kappa shape index (κ2) is 6.88. The number of alkyl halides is 3. The van der Waals surface area contributed by atoms with Gasteiger partial charge in [0.2, 0.25) is 10.0 Å². The Morgan fingerprint density at radius 1 is 1.32 bits per heavy atom. The fourth-order valence-corrected chi connectivity index (χ4v) is 3.35. The van der Waals surface area contributed by atoms with Crippen molar-refractivity contribution in [3.8, 4) is 0 Å². The van der Waals surface area contributed by atoms with Gasteiger partial charge in [0.15, 0.2) is 0 Å². The van der Waals surface area contributed by atoms with Crippen LogP contribution in [0, 0.1) is 5.92 Å². The number of halogens is 3. The Balaban J connectivity index is 2.92. The maximum absolute atomic E-state index is 12.2. The number of carbonyl (C=O) groups is 1. The molecule has 0 radical (unpaired) electrons. The number of carboxylic acids is 1. The monoisotopic (exact) mass is 357 g/mol. The van der Waals surface area contributed by atoms with Crippen molar-refractivity contribution >= 4 is 27.8 Å². The van der Waals surface area contributed by atoms with Crippen LogP contribution in [0.1, 0.15) is 6.92 Å². The van der Waals surface area contributed by atoms with E-state index >= 15 is 0 Å². The average Bonchev–Trinajstić information content (AvgIpc) is 2.37. The van der Waals surface area contributed by atoms with Gasteiger partial charge >= 0.3 is 11.5 Å². The molecule has 1 atom stereocenters. The molecule has 1 aromatic rings. The Bertz CT molecular complexity index is 629. The number of hydrogen-bond donors (Lipinski definition) is 1. The van der Waals surface area contributed by atoms with Crippen LogP contribution in [-0.2, 0) is 14.8 Å². The summed E-state index contributed by atoms with van der Waals surface area (Å²) < 4.78 is 61.9. The number of benzene rings is 1. The first kappa shape index (κ1) is 18.8. The highest BCUT2D eigenvalue weighted by molar-refractivity contribution is 8.00. The molecule has 0 amide bonds. The molecule has 0 saturated carbocycles. The van der Waals surface area contributed by atoms with Crippen molar-refractivity contribution in [1.29, 1.82) is 0 Å². The van der Waals surface area contributed by atoms with E-state index in [4.69, 9.17) is 5.11 Å². The first-order valence-corrected chi connectivity index (χ1v) is 8.24. The van der Waals surface area contributed by atoms with Gasteiger partial charge in [-0.25, -0.2) is 12.7 Å². The molecule has 0 aliphatic rings. The third kappa shape index (κ3) is 5.18. The molecule has 0 saturated heterocycles. The zero-order valence-corrected chi connectivity index (χ0v) is 13.3. The van der Waals surface area contributed by atoms with E-state index in [2.05, 4.69) is 0 Å². The highest BCUT2D eigenvalue weighted by Gasteiger charge is 2.30. The van der Waals surface area contributed by atoms with Crippen LogP contribution in [0.5, 0.6) is 0 Å². The molecule has 1 N–H and O–H groups in total. The van der Waals surface area contributed by atoms with Gasteiger partial charge in [0.25, 0.3) is 0 Å². The van der Waals surface area contributed by atoms with Gasteiger partial charge in [0, 0.05) is 18.5 Å². The van der Waals surface area contributed by atoms with Gasteiger partial charge in [-0.1, -0.05) is 6.92 Å². The predicted octanol–water partition coefficient (Wildman–Crippen LogP) is 2.64. The first-order chi connectivity index (χ1) is 9.93. The zero-order chi connectivity index (χ0) is 17.1. The second-order valence-electron chi connectivity index (χ2n) is 4.54. The fourth-order valence-electron chi connectivity index (χ4n) is 1.56. The number of aliphatic carboxylic acids is 1. The summed E-state index contributed by atoms with van der Waals surface area (Å²) in [5.74, 6) is -2.04. The molecule has 0 aliphatic heterocycles. The number of rotatable bonds is 6. The Morgan fingerprint density at radius 2 is 1.82 bits per heavy atom. The minimum Gasteiger partial charge on any atom is -0.481 e. The Labute approximate surface area is 130 Å². The lowest BCUT2D eigenvalue weighted by molar-refractivity contribution is -0.141. The topological polar surface area (TPSA) is 74.7 Å². The Morgan fingerprint density at radius 3 is 2.23 bits per heavy atom. The van der Waals surface area contributed by atoms with Gasteiger partial charge < -0.3 is 5.11 Å². The zero-order valence-electron chi connectivity index (χ0n) is 11.7. The highest BCUT2D eigenvalue weighted by Crippen LogP contribution is 2.37. The second-order valence-corrected chi connectivity index (χ2v) is 7.73. The summed E-state index contributed by atoms with van der Waals surface area (Å²) in [5, 5.41) is 8.78. The van der Waals surface area contributed by atoms with Crippen LogP contribution in [0.15, 0.2) is 34.1 Å². The smallest absolute Gasteiger partial charge is 0.446 e. The van der Waals surface area contributed by atoms with E-state index in [-0.39, 0.29) is 28.1 Å². The molecule has 22 heavy (non-hydrogen) atoms. The summed E-state index contributed by atoms with van der Waals surface area (Å²) in [5.41, 5.74) is -4.45. The molecular formula is C12H14F3NO4S2. The van der Waals surface area contributed by atoms with Crippen molar-refractivity contribution < 1.29 is 31.5 Å². The summed E-state index contributed by atoms with van der Waals surface area (Å²) in [6, 6.07) is 4.23. The lowest BCUT2D eigenvalue weighted by Crippen LogP contribution is -2.33. The molecule has 0 spiro atoms. The van der Waals surface area contributed by atoms with Gasteiger partial charge in [-0.3, -0.25) is 4.79 Å². The van der Waals surface area contributed by atoms with Crippen molar-refractivity contribution in [1.82, 2.24) is 4.31 Å². The molecule has 10 heteroatoms. The Kier molecular flexibility index (Phi) is 5.88. The van der Waals surface area contributed by atoms with Crippen molar-refractivity contribution in [2.24, 2.45) is 5.92 Å². The number of carboxylic acid groups (broad SMARTS) is 1. The van der Waals surface area contributed by atoms with Crippen LogP contribution in [0.25, 0.3) is 0 Å². The van der Waals surface area contributed by atoms with Crippen LogP contribution in [-0.4, -0.2) is 42.9 Å². The molecule has 0 aliphatic carbocycles. The maximum atomic E-state index is 12.2. The van der Waals surface area contributed by atoms with Crippen LogP contribution in [0.2, 0.25) is 0 Å². The third-order valence-corrected chi connectivity index (χ3v) is 5.29. The lowest BCUT2D eigenvalue weighted by atomic mass is 10.2. The third-order valence-electron chi connectivity index (χ3n) is 2.72. The highest BCUT2D eigenvalue weighted by atomic mass is 32.2. The number of sulfonamides is 1. The fraction of sp³-hybridized carbons (Fsp3) is 0.417. The van der Waals surface area contributed by atoms with Crippen LogP contribution >= 0.6 is 11.8 Å². The van der Waals surface area contributed by atoms with Crippen LogP contribution < -0.4 is 0 Å². The standard InChI is InChI=1S/C12H14F3NO4S2/c1-8(11(17)18)7-16(2)22(19,20)10-5-3-9(4-6-10)21-12(13,14)15/h3-6,8H,7H2,1-2H3,(H,17,18). The average molecular weight is 357 g/mol. The quantitative estimate of drug-likeness (QED) is 0.792. The molecule has 5 nitrogen and oxygen atoms in total. The molecule has 0 bridgehead atoms. The predicted molar refractivity (Wildman–Crippen MR) is 75.0 cm³/mol. The van der Waals surface area contributed by atoms with E-state index in [1.807, 2.05) is 0 Å². The van der Waals surface area contributed by atoms with Crippen molar-refractivity contribution in [3.63, 3.8) is 0 Å². The van der Waals surface area contributed by atoms with E-state index in [1.54, 1.807) is 0 Å². The minimum atomic E-state index is -4.45. The number of hydrogen-bond acceptors (Lipinski definition) is 4. The Hall–Kier alpha value is -1.26. The largest absolute Gasteiger partial charge is 0.481 e. The summed E-state index contributed by atoms with van der Waals surface area (Å²) >= 11 is -0.343. The first-order valence-electron chi connectivity index (χ1n) is 5.98. The van der Waals surface area contributed by atoms with Crippen molar-refractivity contribution in [3.05, 3.63) is 24.3 Å². The van der Waals surface area contributed by atoms with E-state index in [0.717, 1.165) is 28.6 Å². The SMILES string of the molecule is CC(CN(C)S(=O)(=O)c1ccc(SC(F)(F)F)cc1)C(=O)O. The molecule has 1 rings (SSSR count). The van der Waals surface area contributed by atoms with Gasteiger partial charge in [-0.05, 0) is 36.0 Å². The normalized spacial score (nSPS) is 14.1. The van der Waals surface area contributed by atoms with Crippen molar-refractivity contribution in [2.75, 3.05) is 13.6 Å². The summed E-state index contributed by atoms with van der Waals surface area (Å²) in [7, 11) is -2.73. The van der Waals surface area contributed by atoms with Gasteiger partial charge in [-0.2, -0.15) is 13.2 Å². The minimum absolute atomic E-state index is 0.131. The summed E-state index contributed by atoms with van der Waals surface area (Å²) in [6.07, 6.45) is 0. The molecular weight excluding hydrogens is 343 g/mol. The molecule has 1 aromatic carbocycles. The van der Waals surface area contributed by atoms with Crippen molar-refractivity contribution in [2.45, 2.75) is 22.2 Å². The van der Waals surface area contributed by atoms with Gasteiger partial charge in [0.05, 0.1) is 10.8 Å². The molecule has 124 valence electrons. The van der Waals surface area contributed by atoms with E-state index in [0.29, 0.717) is 0 Å². The summed E-state index contributed by atoms with van der Waals surface area (Å²) in [4.78, 5) is 10.4. The van der Waals surface area contributed by atoms with Gasteiger partial charge in [0.1, 0.15) is 0 Å². The van der Waals surface area contributed by atoms with E-state index in [9.17, 15) is 26.4 Å². The molecule has 0 fully saturated rings. The number of nitrogens with zero attached hydrogens (tertiary/aromatic N) is 1. The van der Waals surface area contributed by atoms with Gasteiger partial charge in [-0.15, -0.1) is 0 Å². The van der Waals surface area contributed by atoms with E-state index < -0.39 is 27.4 Å². The number of thioether (sulfide) groups is 1. The molecule has 0 aromatic heterocycles. The van der Waals surface area contributed by atoms with Crippen LogP contribution in [0.4, 0.5) is 13.2 Å². The van der Waals surface area contributed by atoms with E-state index in [1.165, 1.54) is 14.0 Å². The molecule has 1 unspecified atom stereocenters. The van der Waals surface area contributed by atoms with Crippen LogP contribution in [0.3, 0.4) is 0 Å². The maximum Gasteiger partial charge on any atom is 0.446 e.